The first-order valence-electron chi connectivity index (χ1n) is 7.03. The second-order valence-corrected chi connectivity index (χ2v) is 6.58. The standard InChI is InChI=1S/C15H13ClN4OS/c16-13-14(18-6-5-17-13)21-10-7-9(8-10)19-15-20-11-3-1-2-4-12(11)22-15/h1-6,9-10H,7-8H2,(H,19,20)/t9-,10+. The van der Waals surface area contributed by atoms with Crippen molar-refractivity contribution in [2.24, 2.45) is 0 Å². The van der Waals surface area contributed by atoms with Gasteiger partial charge >= 0.3 is 0 Å². The number of halogens is 1. The number of ether oxygens (including phenoxy) is 1. The third-order valence-electron chi connectivity index (χ3n) is 3.62. The van der Waals surface area contributed by atoms with E-state index in [0.717, 1.165) is 23.5 Å². The Balaban J connectivity index is 1.35. The average molecular weight is 333 g/mol. The van der Waals surface area contributed by atoms with Gasteiger partial charge in [0, 0.05) is 31.3 Å². The van der Waals surface area contributed by atoms with Crippen molar-refractivity contribution >= 4 is 38.3 Å². The highest BCUT2D eigenvalue weighted by Crippen LogP contribution is 2.32. The molecule has 1 aliphatic rings. The molecule has 0 radical (unpaired) electrons. The third kappa shape index (κ3) is 2.71. The lowest BCUT2D eigenvalue weighted by Gasteiger charge is -2.35. The number of hydrogen-bond acceptors (Lipinski definition) is 6. The maximum Gasteiger partial charge on any atom is 0.252 e. The Labute approximate surface area is 136 Å². The first-order valence-corrected chi connectivity index (χ1v) is 8.22. The van der Waals surface area contributed by atoms with Gasteiger partial charge in [0.05, 0.1) is 10.2 Å². The normalized spacial score (nSPS) is 20.6. The predicted octanol–water partition coefficient (Wildman–Crippen LogP) is 3.76. The van der Waals surface area contributed by atoms with E-state index in [4.69, 9.17) is 16.3 Å². The summed E-state index contributed by atoms with van der Waals surface area (Å²) in [5, 5.41) is 4.73. The maximum absolute atomic E-state index is 5.94. The van der Waals surface area contributed by atoms with Crippen LogP contribution in [0.5, 0.6) is 5.88 Å². The van der Waals surface area contributed by atoms with E-state index in [0.29, 0.717) is 17.1 Å². The molecule has 1 aliphatic carbocycles. The van der Waals surface area contributed by atoms with Crippen molar-refractivity contribution < 1.29 is 4.74 Å². The Kier molecular flexibility index (Phi) is 3.56. The highest BCUT2D eigenvalue weighted by atomic mass is 35.5. The summed E-state index contributed by atoms with van der Waals surface area (Å²) in [6.07, 6.45) is 5.07. The molecule has 4 rings (SSSR count). The Bertz CT molecular complexity index is 770. The van der Waals surface area contributed by atoms with Crippen LogP contribution in [0.1, 0.15) is 12.8 Å². The zero-order valence-electron chi connectivity index (χ0n) is 11.6. The lowest BCUT2D eigenvalue weighted by molar-refractivity contribution is 0.102. The van der Waals surface area contributed by atoms with E-state index in [1.807, 2.05) is 18.2 Å². The average Bonchev–Trinajstić information content (AvgIpc) is 2.89. The summed E-state index contributed by atoms with van der Waals surface area (Å²) in [5.41, 5.74) is 1.04. The molecule has 0 spiro atoms. The molecule has 0 unspecified atom stereocenters. The Morgan fingerprint density at radius 3 is 2.82 bits per heavy atom. The summed E-state index contributed by atoms with van der Waals surface area (Å²) < 4.78 is 6.94. The van der Waals surface area contributed by atoms with Gasteiger partial charge in [0.2, 0.25) is 0 Å². The van der Waals surface area contributed by atoms with Crippen LogP contribution in [-0.4, -0.2) is 27.1 Å². The van der Waals surface area contributed by atoms with E-state index in [2.05, 4.69) is 26.3 Å². The van der Waals surface area contributed by atoms with Gasteiger partial charge in [-0.1, -0.05) is 35.1 Å². The van der Waals surface area contributed by atoms with Gasteiger partial charge in [-0.05, 0) is 12.1 Å². The molecule has 7 heteroatoms. The van der Waals surface area contributed by atoms with E-state index in [-0.39, 0.29) is 6.10 Å². The fraction of sp³-hybridized carbons (Fsp3) is 0.267. The molecule has 0 atom stereocenters. The summed E-state index contributed by atoms with van der Waals surface area (Å²) in [6, 6.07) is 8.52. The number of nitrogens with one attached hydrogen (secondary N) is 1. The van der Waals surface area contributed by atoms with Crippen LogP contribution in [0.2, 0.25) is 5.15 Å². The molecule has 2 aromatic heterocycles. The van der Waals surface area contributed by atoms with Gasteiger partial charge in [-0.2, -0.15) is 0 Å². The second-order valence-electron chi connectivity index (χ2n) is 5.19. The van der Waals surface area contributed by atoms with Gasteiger partial charge in [-0.15, -0.1) is 0 Å². The molecule has 0 aliphatic heterocycles. The minimum Gasteiger partial charge on any atom is -0.472 e. The molecular formula is C15H13ClN4OS. The van der Waals surface area contributed by atoms with Crippen molar-refractivity contribution in [3.63, 3.8) is 0 Å². The molecule has 0 bridgehead atoms. The van der Waals surface area contributed by atoms with E-state index < -0.39 is 0 Å². The molecule has 0 saturated heterocycles. The largest absolute Gasteiger partial charge is 0.472 e. The number of rotatable bonds is 4. The number of aromatic nitrogens is 3. The molecular weight excluding hydrogens is 320 g/mol. The fourth-order valence-corrected chi connectivity index (χ4v) is 3.53. The molecule has 1 aromatic carbocycles. The molecule has 22 heavy (non-hydrogen) atoms. The van der Waals surface area contributed by atoms with Crippen LogP contribution in [0, 0.1) is 0 Å². The van der Waals surface area contributed by atoms with Crippen molar-refractivity contribution in [2.75, 3.05) is 5.32 Å². The molecule has 3 aromatic rings. The third-order valence-corrected chi connectivity index (χ3v) is 4.84. The van der Waals surface area contributed by atoms with Gasteiger partial charge in [0.15, 0.2) is 10.3 Å². The number of hydrogen-bond donors (Lipinski definition) is 1. The van der Waals surface area contributed by atoms with Crippen LogP contribution in [0.3, 0.4) is 0 Å². The molecule has 1 saturated carbocycles. The zero-order valence-corrected chi connectivity index (χ0v) is 13.1. The van der Waals surface area contributed by atoms with Crippen molar-refractivity contribution in [3.05, 3.63) is 41.8 Å². The quantitative estimate of drug-likeness (QED) is 0.788. The number of anilines is 1. The summed E-state index contributed by atoms with van der Waals surface area (Å²) in [5.74, 6) is 0.410. The molecule has 112 valence electrons. The van der Waals surface area contributed by atoms with Crippen molar-refractivity contribution in [1.29, 1.82) is 0 Å². The number of nitrogens with zero attached hydrogens (tertiary/aromatic N) is 3. The highest BCUT2D eigenvalue weighted by Gasteiger charge is 2.32. The molecule has 1 N–H and O–H groups in total. The molecule has 2 heterocycles. The van der Waals surface area contributed by atoms with E-state index in [1.165, 1.54) is 4.70 Å². The van der Waals surface area contributed by atoms with Crippen molar-refractivity contribution in [3.8, 4) is 5.88 Å². The Hall–Kier alpha value is -1.92. The van der Waals surface area contributed by atoms with Crippen molar-refractivity contribution in [1.82, 2.24) is 15.0 Å². The summed E-state index contributed by atoms with van der Waals surface area (Å²) in [4.78, 5) is 12.6. The van der Waals surface area contributed by atoms with Crippen LogP contribution in [-0.2, 0) is 0 Å². The minimum absolute atomic E-state index is 0.126. The highest BCUT2D eigenvalue weighted by molar-refractivity contribution is 7.22. The first kappa shape index (κ1) is 13.7. The maximum atomic E-state index is 5.94. The number of fused-ring (bicyclic) bond motifs is 1. The van der Waals surface area contributed by atoms with Crippen LogP contribution in [0.25, 0.3) is 10.2 Å². The van der Waals surface area contributed by atoms with Crippen molar-refractivity contribution in [2.45, 2.75) is 25.0 Å². The number of para-hydroxylation sites is 1. The fourth-order valence-electron chi connectivity index (χ4n) is 2.43. The van der Waals surface area contributed by atoms with Crippen LogP contribution < -0.4 is 10.1 Å². The molecule has 5 nitrogen and oxygen atoms in total. The van der Waals surface area contributed by atoms with E-state index in [9.17, 15) is 0 Å². The Morgan fingerprint density at radius 2 is 2.00 bits per heavy atom. The van der Waals surface area contributed by atoms with E-state index in [1.54, 1.807) is 23.7 Å². The lowest BCUT2D eigenvalue weighted by atomic mass is 9.89. The number of thiazole rings is 1. The summed E-state index contributed by atoms with van der Waals surface area (Å²) in [6.45, 7) is 0. The zero-order chi connectivity index (χ0) is 14.9. The van der Waals surface area contributed by atoms with Gasteiger partial charge in [0.1, 0.15) is 6.10 Å². The van der Waals surface area contributed by atoms with E-state index >= 15 is 0 Å². The minimum atomic E-state index is 0.126. The molecule has 0 amide bonds. The van der Waals surface area contributed by atoms with Gasteiger partial charge in [-0.25, -0.2) is 15.0 Å². The number of benzene rings is 1. The lowest BCUT2D eigenvalue weighted by Crippen LogP contribution is -2.42. The van der Waals surface area contributed by atoms with Gasteiger partial charge in [-0.3, -0.25) is 0 Å². The van der Waals surface area contributed by atoms with Gasteiger partial charge in [0.25, 0.3) is 5.88 Å². The summed E-state index contributed by atoms with van der Waals surface area (Å²) in [7, 11) is 0. The SMILES string of the molecule is Clc1nccnc1O[C@H]1C[C@@H](Nc2nc3ccccc3s2)C1. The van der Waals surface area contributed by atoms with Gasteiger partial charge < -0.3 is 10.1 Å². The summed E-state index contributed by atoms with van der Waals surface area (Å²) >= 11 is 7.61. The molecule has 1 fully saturated rings. The predicted molar refractivity (Wildman–Crippen MR) is 87.7 cm³/mol. The second kappa shape index (κ2) is 5.70. The van der Waals surface area contributed by atoms with Crippen LogP contribution in [0.15, 0.2) is 36.7 Å². The monoisotopic (exact) mass is 332 g/mol. The van der Waals surface area contributed by atoms with Crippen LogP contribution in [0.4, 0.5) is 5.13 Å². The Morgan fingerprint density at radius 1 is 1.18 bits per heavy atom. The topological polar surface area (TPSA) is 59.9 Å². The first-order chi connectivity index (χ1) is 10.8. The smallest absolute Gasteiger partial charge is 0.252 e. The van der Waals surface area contributed by atoms with Crippen LogP contribution >= 0.6 is 22.9 Å².